The van der Waals surface area contributed by atoms with E-state index in [1.165, 1.54) is 18.4 Å². The van der Waals surface area contributed by atoms with Gasteiger partial charge in [0.25, 0.3) is 0 Å². The van der Waals surface area contributed by atoms with Crippen molar-refractivity contribution in [1.29, 1.82) is 0 Å². The number of amides is 1. The van der Waals surface area contributed by atoms with E-state index in [-0.39, 0.29) is 18.3 Å². The lowest BCUT2D eigenvalue weighted by Crippen LogP contribution is -2.33. The molecule has 0 saturated carbocycles. The van der Waals surface area contributed by atoms with Crippen LogP contribution in [0.5, 0.6) is 0 Å². The Bertz CT molecular complexity index is 436. The van der Waals surface area contributed by atoms with Gasteiger partial charge in [-0.05, 0) is 62.4 Å². The van der Waals surface area contributed by atoms with Crippen molar-refractivity contribution in [1.82, 2.24) is 10.6 Å². The highest BCUT2D eigenvalue weighted by atomic mass is 79.9. The van der Waals surface area contributed by atoms with E-state index in [1.807, 2.05) is 12.1 Å². The zero-order valence-corrected chi connectivity index (χ0v) is 14.6. The van der Waals surface area contributed by atoms with E-state index in [4.69, 9.17) is 0 Å². The van der Waals surface area contributed by atoms with Crippen LogP contribution in [0.4, 0.5) is 0 Å². The van der Waals surface area contributed by atoms with Crippen LogP contribution < -0.4 is 10.6 Å². The lowest BCUT2D eigenvalue weighted by Gasteiger charge is -2.22. The van der Waals surface area contributed by atoms with Gasteiger partial charge in [-0.2, -0.15) is 0 Å². The van der Waals surface area contributed by atoms with Crippen molar-refractivity contribution >= 4 is 34.2 Å². The Morgan fingerprint density at radius 1 is 1.43 bits per heavy atom. The maximum absolute atomic E-state index is 11.8. The molecule has 0 bridgehead atoms. The Hall–Kier alpha value is -0.580. The molecule has 2 rings (SSSR count). The molecule has 0 radical (unpaired) electrons. The number of aryl methyl sites for hydroxylation is 1. The lowest BCUT2D eigenvalue weighted by atomic mass is 9.96. The molecule has 1 amide bonds. The summed E-state index contributed by atoms with van der Waals surface area (Å²) in [7, 11) is 0. The van der Waals surface area contributed by atoms with Crippen LogP contribution in [0.15, 0.2) is 28.7 Å². The second-order valence-corrected chi connectivity index (χ2v) is 6.40. The van der Waals surface area contributed by atoms with Gasteiger partial charge in [0, 0.05) is 17.4 Å². The fourth-order valence-electron chi connectivity index (χ4n) is 2.62. The van der Waals surface area contributed by atoms with Crippen LogP contribution in [0.1, 0.15) is 31.2 Å². The molecule has 5 heteroatoms. The number of hydrogen-bond acceptors (Lipinski definition) is 2. The molecule has 1 aliphatic rings. The maximum Gasteiger partial charge on any atom is 0.220 e. The topological polar surface area (TPSA) is 41.1 Å². The summed E-state index contributed by atoms with van der Waals surface area (Å²) in [5, 5.41) is 6.44. The van der Waals surface area contributed by atoms with Crippen molar-refractivity contribution in [3.05, 3.63) is 34.3 Å². The number of nitrogens with one attached hydrogen (secondary N) is 2. The first kappa shape index (κ1) is 18.5. The molecule has 1 atom stereocenters. The summed E-state index contributed by atoms with van der Waals surface area (Å²) < 4.78 is 1.07. The molecule has 1 unspecified atom stereocenters. The minimum atomic E-state index is 0. The van der Waals surface area contributed by atoms with E-state index in [9.17, 15) is 4.79 Å². The normalized spacial score (nSPS) is 17.9. The number of hydrogen-bond donors (Lipinski definition) is 2. The van der Waals surface area contributed by atoms with Gasteiger partial charge in [0.2, 0.25) is 5.91 Å². The van der Waals surface area contributed by atoms with E-state index >= 15 is 0 Å². The maximum atomic E-state index is 11.8. The van der Waals surface area contributed by atoms with Gasteiger partial charge in [0.05, 0.1) is 0 Å². The summed E-state index contributed by atoms with van der Waals surface area (Å²) in [5.41, 5.74) is 1.20. The zero-order chi connectivity index (χ0) is 14.2. The Balaban J connectivity index is 0.00000220. The molecule has 1 saturated heterocycles. The molecule has 1 aliphatic heterocycles. The third kappa shape index (κ3) is 7.30. The molecule has 0 spiro atoms. The Kier molecular flexibility index (Phi) is 8.97. The van der Waals surface area contributed by atoms with Gasteiger partial charge in [0.15, 0.2) is 0 Å². The number of halogens is 2. The first-order chi connectivity index (χ1) is 9.74. The molecular formula is C16H24BrClN2O. The zero-order valence-electron chi connectivity index (χ0n) is 12.2. The van der Waals surface area contributed by atoms with Gasteiger partial charge in [-0.25, -0.2) is 0 Å². The van der Waals surface area contributed by atoms with Crippen LogP contribution in [0.25, 0.3) is 0 Å². The summed E-state index contributed by atoms with van der Waals surface area (Å²) in [5.74, 6) is 0.892. The standard InChI is InChI=1S/C16H23BrN2O.ClH/c17-15-5-1-3-13(11-15)6-7-16(20)19-10-8-14-4-2-9-18-12-14;/h1,3,5,11,14,18H,2,4,6-10,12H2,(H,19,20);1H. The smallest absolute Gasteiger partial charge is 0.220 e. The average Bonchev–Trinajstić information content (AvgIpc) is 2.46. The van der Waals surface area contributed by atoms with Crippen LogP contribution >= 0.6 is 28.3 Å². The molecule has 2 N–H and O–H groups in total. The van der Waals surface area contributed by atoms with Gasteiger partial charge in [-0.15, -0.1) is 12.4 Å². The molecular weight excluding hydrogens is 352 g/mol. The van der Waals surface area contributed by atoms with Gasteiger partial charge < -0.3 is 10.6 Å². The molecule has 1 aromatic carbocycles. The van der Waals surface area contributed by atoms with E-state index in [1.54, 1.807) is 0 Å². The van der Waals surface area contributed by atoms with Gasteiger partial charge >= 0.3 is 0 Å². The lowest BCUT2D eigenvalue weighted by molar-refractivity contribution is -0.121. The molecule has 118 valence electrons. The van der Waals surface area contributed by atoms with Crippen molar-refractivity contribution in [3.63, 3.8) is 0 Å². The average molecular weight is 376 g/mol. The third-order valence-corrected chi connectivity index (χ3v) is 4.30. The quantitative estimate of drug-likeness (QED) is 0.801. The first-order valence-electron chi connectivity index (χ1n) is 7.46. The fourth-order valence-corrected chi connectivity index (χ4v) is 3.07. The Labute approximate surface area is 141 Å². The monoisotopic (exact) mass is 374 g/mol. The van der Waals surface area contributed by atoms with E-state index in [2.05, 4.69) is 38.7 Å². The molecule has 0 aromatic heterocycles. The van der Waals surface area contributed by atoms with E-state index < -0.39 is 0 Å². The third-order valence-electron chi connectivity index (χ3n) is 3.80. The summed E-state index contributed by atoms with van der Waals surface area (Å²) in [6.07, 6.45) is 5.02. The largest absolute Gasteiger partial charge is 0.356 e. The first-order valence-corrected chi connectivity index (χ1v) is 8.25. The molecule has 1 aromatic rings. The molecule has 0 aliphatic carbocycles. The van der Waals surface area contributed by atoms with Crippen LogP contribution in [-0.2, 0) is 11.2 Å². The van der Waals surface area contributed by atoms with Gasteiger partial charge in [-0.3, -0.25) is 4.79 Å². The Morgan fingerprint density at radius 2 is 2.29 bits per heavy atom. The summed E-state index contributed by atoms with van der Waals surface area (Å²) >= 11 is 3.45. The van der Waals surface area contributed by atoms with Crippen molar-refractivity contribution in [3.8, 4) is 0 Å². The fraction of sp³-hybridized carbons (Fsp3) is 0.562. The molecule has 1 fully saturated rings. The van der Waals surface area contributed by atoms with Crippen LogP contribution in [-0.4, -0.2) is 25.5 Å². The summed E-state index contributed by atoms with van der Waals surface area (Å²) in [4.78, 5) is 11.8. The number of carbonyl (C=O) groups is 1. The minimum absolute atomic E-state index is 0. The SMILES string of the molecule is Cl.O=C(CCc1cccc(Br)c1)NCCC1CCCNC1. The minimum Gasteiger partial charge on any atom is -0.356 e. The molecule has 21 heavy (non-hydrogen) atoms. The predicted molar refractivity (Wildman–Crippen MR) is 92.9 cm³/mol. The van der Waals surface area contributed by atoms with E-state index in [0.29, 0.717) is 6.42 Å². The number of benzene rings is 1. The Morgan fingerprint density at radius 3 is 3.00 bits per heavy atom. The molecule has 1 heterocycles. The number of rotatable bonds is 6. The van der Waals surface area contributed by atoms with Crippen LogP contribution in [0.3, 0.4) is 0 Å². The van der Waals surface area contributed by atoms with Crippen molar-refractivity contribution in [2.45, 2.75) is 32.1 Å². The summed E-state index contributed by atoms with van der Waals surface area (Å²) in [6.45, 7) is 3.06. The number of carbonyl (C=O) groups excluding carboxylic acids is 1. The summed E-state index contributed by atoms with van der Waals surface area (Å²) in [6, 6.07) is 8.14. The van der Waals surface area contributed by atoms with Gasteiger partial charge in [0.1, 0.15) is 0 Å². The number of piperidine rings is 1. The van der Waals surface area contributed by atoms with Crippen molar-refractivity contribution < 1.29 is 4.79 Å². The molecule has 3 nitrogen and oxygen atoms in total. The highest BCUT2D eigenvalue weighted by Crippen LogP contribution is 2.14. The second kappa shape index (κ2) is 10.2. The highest BCUT2D eigenvalue weighted by molar-refractivity contribution is 9.10. The predicted octanol–water partition coefficient (Wildman–Crippen LogP) is 3.31. The highest BCUT2D eigenvalue weighted by Gasteiger charge is 2.12. The van der Waals surface area contributed by atoms with E-state index in [0.717, 1.165) is 42.9 Å². The van der Waals surface area contributed by atoms with Crippen molar-refractivity contribution in [2.75, 3.05) is 19.6 Å². The van der Waals surface area contributed by atoms with Gasteiger partial charge in [-0.1, -0.05) is 28.1 Å². The van der Waals surface area contributed by atoms with Crippen molar-refractivity contribution in [2.24, 2.45) is 5.92 Å². The van der Waals surface area contributed by atoms with Crippen LogP contribution in [0.2, 0.25) is 0 Å². The van der Waals surface area contributed by atoms with Crippen LogP contribution in [0, 0.1) is 5.92 Å². The second-order valence-electron chi connectivity index (χ2n) is 5.48.